The zero-order valence-electron chi connectivity index (χ0n) is 11.4. The lowest BCUT2D eigenvalue weighted by atomic mass is 9.67. The van der Waals surface area contributed by atoms with Gasteiger partial charge in [0, 0.05) is 0 Å². The molecular formula is C17H24O. The Bertz CT molecular complexity index is 424. The van der Waals surface area contributed by atoms with E-state index in [0.29, 0.717) is 0 Å². The molecule has 0 saturated heterocycles. The van der Waals surface area contributed by atoms with E-state index in [1.165, 1.54) is 37.7 Å². The summed E-state index contributed by atoms with van der Waals surface area (Å²) in [6, 6.07) is 7.16. The number of benzene rings is 1. The molecule has 18 heavy (non-hydrogen) atoms. The Morgan fingerprint density at radius 2 is 2.11 bits per heavy atom. The summed E-state index contributed by atoms with van der Waals surface area (Å²) in [5, 5.41) is 9.81. The third kappa shape index (κ3) is 2.21. The maximum Gasteiger partial charge on any atom is 0.0543 e. The molecule has 3 atom stereocenters. The molecule has 0 radical (unpaired) electrons. The van der Waals surface area contributed by atoms with Gasteiger partial charge in [-0.1, -0.05) is 31.5 Å². The minimum atomic E-state index is -0.0350. The van der Waals surface area contributed by atoms with Crippen LogP contribution in [-0.2, 0) is 12.8 Å². The van der Waals surface area contributed by atoms with Crippen LogP contribution >= 0.6 is 0 Å². The summed E-state index contributed by atoms with van der Waals surface area (Å²) in [5.41, 5.74) is 4.70. The van der Waals surface area contributed by atoms with Crippen molar-refractivity contribution in [2.24, 2.45) is 5.92 Å². The molecule has 98 valence electrons. The molecule has 0 heterocycles. The van der Waals surface area contributed by atoms with Gasteiger partial charge in [-0.05, 0) is 67.1 Å². The van der Waals surface area contributed by atoms with Gasteiger partial charge in [-0.3, -0.25) is 0 Å². The second-order valence-electron chi connectivity index (χ2n) is 6.16. The Labute approximate surface area is 110 Å². The zero-order valence-corrected chi connectivity index (χ0v) is 11.4. The standard InChI is InChI=1S/C17H24O/c1-2-3-12-4-8-16-13(10-12)5-6-14-11-15(18)7-9-17(14)16/h4,8,10,14-15,17-18H,2-3,5-7,9,11H2,1H3/t14-,15+,17-/m0/s1. The fourth-order valence-corrected chi connectivity index (χ4v) is 3.99. The Kier molecular flexibility index (Phi) is 3.43. The predicted octanol–water partition coefficient (Wildman–Crippen LogP) is 3.83. The smallest absolute Gasteiger partial charge is 0.0543 e. The first-order chi connectivity index (χ1) is 8.78. The van der Waals surface area contributed by atoms with Crippen LogP contribution in [-0.4, -0.2) is 11.2 Å². The van der Waals surface area contributed by atoms with E-state index < -0.39 is 0 Å². The first-order valence-corrected chi connectivity index (χ1v) is 7.57. The van der Waals surface area contributed by atoms with E-state index in [4.69, 9.17) is 0 Å². The minimum Gasteiger partial charge on any atom is -0.393 e. The molecule has 1 saturated carbocycles. The maximum absolute atomic E-state index is 9.81. The molecule has 2 aliphatic rings. The number of hydrogen-bond donors (Lipinski definition) is 1. The highest BCUT2D eigenvalue weighted by Crippen LogP contribution is 2.45. The van der Waals surface area contributed by atoms with Crippen molar-refractivity contribution >= 4 is 0 Å². The number of aliphatic hydroxyl groups is 1. The second-order valence-corrected chi connectivity index (χ2v) is 6.16. The van der Waals surface area contributed by atoms with Gasteiger partial charge >= 0.3 is 0 Å². The van der Waals surface area contributed by atoms with Crippen molar-refractivity contribution in [3.63, 3.8) is 0 Å². The van der Waals surface area contributed by atoms with Crippen molar-refractivity contribution in [1.29, 1.82) is 0 Å². The minimum absolute atomic E-state index is 0.0350. The van der Waals surface area contributed by atoms with Crippen LogP contribution < -0.4 is 0 Å². The SMILES string of the molecule is CCCc1ccc2c(c1)CC[C@H]1C[C@H](O)CC[C@H]21. The van der Waals surface area contributed by atoms with Gasteiger partial charge in [-0.15, -0.1) is 0 Å². The van der Waals surface area contributed by atoms with Crippen molar-refractivity contribution in [3.05, 3.63) is 34.9 Å². The van der Waals surface area contributed by atoms with Crippen LogP contribution in [0, 0.1) is 5.92 Å². The number of fused-ring (bicyclic) bond motifs is 3. The van der Waals surface area contributed by atoms with E-state index >= 15 is 0 Å². The van der Waals surface area contributed by atoms with Gasteiger partial charge in [0.05, 0.1) is 6.10 Å². The van der Waals surface area contributed by atoms with Crippen molar-refractivity contribution in [1.82, 2.24) is 0 Å². The molecule has 3 rings (SSSR count). The molecule has 0 bridgehead atoms. The number of hydrogen-bond acceptors (Lipinski definition) is 1. The lowest BCUT2D eigenvalue weighted by Gasteiger charge is -2.39. The number of aliphatic hydroxyl groups excluding tert-OH is 1. The second kappa shape index (κ2) is 5.05. The van der Waals surface area contributed by atoms with E-state index in [9.17, 15) is 5.11 Å². The van der Waals surface area contributed by atoms with Gasteiger partial charge in [0.2, 0.25) is 0 Å². The highest BCUT2D eigenvalue weighted by Gasteiger charge is 2.34. The van der Waals surface area contributed by atoms with E-state index in [1.54, 1.807) is 11.1 Å². The lowest BCUT2D eigenvalue weighted by molar-refractivity contribution is 0.0829. The van der Waals surface area contributed by atoms with Crippen LogP contribution in [0.2, 0.25) is 0 Å². The van der Waals surface area contributed by atoms with Crippen molar-refractivity contribution in [3.8, 4) is 0 Å². The number of rotatable bonds is 2. The van der Waals surface area contributed by atoms with Crippen molar-refractivity contribution < 1.29 is 5.11 Å². The average molecular weight is 244 g/mol. The van der Waals surface area contributed by atoms with Crippen molar-refractivity contribution in [2.45, 2.75) is 63.9 Å². The summed E-state index contributed by atoms with van der Waals surface area (Å²) in [5.74, 6) is 1.46. The molecule has 0 aliphatic heterocycles. The Balaban J connectivity index is 1.86. The Morgan fingerprint density at radius 3 is 2.94 bits per heavy atom. The molecular weight excluding hydrogens is 220 g/mol. The third-order valence-corrected chi connectivity index (χ3v) is 4.88. The van der Waals surface area contributed by atoms with Crippen LogP contribution in [0.4, 0.5) is 0 Å². The summed E-state index contributed by atoms with van der Waals surface area (Å²) in [4.78, 5) is 0. The number of aryl methyl sites for hydroxylation is 2. The molecule has 2 aliphatic carbocycles. The quantitative estimate of drug-likeness (QED) is 0.838. The van der Waals surface area contributed by atoms with Crippen LogP contribution in [0.5, 0.6) is 0 Å². The van der Waals surface area contributed by atoms with Crippen LogP contribution in [0.1, 0.15) is 61.6 Å². The summed E-state index contributed by atoms with van der Waals surface area (Å²) < 4.78 is 0. The molecule has 0 unspecified atom stereocenters. The monoisotopic (exact) mass is 244 g/mol. The Morgan fingerprint density at radius 1 is 1.22 bits per heavy atom. The third-order valence-electron chi connectivity index (χ3n) is 4.88. The highest BCUT2D eigenvalue weighted by molar-refractivity contribution is 5.37. The zero-order chi connectivity index (χ0) is 12.5. The van der Waals surface area contributed by atoms with Gasteiger partial charge < -0.3 is 5.11 Å². The van der Waals surface area contributed by atoms with Gasteiger partial charge in [-0.25, -0.2) is 0 Å². The van der Waals surface area contributed by atoms with Crippen LogP contribution in [0.15, 0.2) is 18.2 Å². The molecule has 1 aromatic carbocycles. The van der Waals surface area contributed by atoms with E-state index in [0.717, 1.165) is 24.7 Å². The van der Waals surface area contributed by atoms with E-state index in [-0.39, 0.29) is 6.10 Å². The molecule has 1 nitrogen and oxygen atoms in total. The van der Waals surface area contributed by atoms with Crippen molar-refractivity contribution in [2.75, 3.05) is 0 Å². The summed E-state index contributed by atoms with van der Waals surface area (Å²) in [6.45, 7) is 2.25. The largest absolute Gasteiger partial charge is 0.393 e. The van der Waals surface area contributed by atoms with E-state index in [1.807, 2.05) is 0 Å². The first kappa shape index (κ1) is 12.2. The maximum atomic E-state index is 9.81. The van der Waals surface area contributed by atoms with Gasteiger partial charge in [0.1, 0.15) is 0 Å². The molecule has 1 N–H and O–H groups in total. The van der Waals surface area contributed by atoms with Crippen LogP contribution in [0.3, 0.4) is 0 Å². The normalized spacial score (nSPS) is 30.7. The molecule has 0 aromatic heterocycles. The summed E-state index contributed by atoms with van der Waals surface area (Å²) in [6.07, 6.45) is 8.12. The fourth-order valence-electron chi connectivity index (χ4n) is 3.99. The first-order valence-electron chi connectivity index (χ1n) is 7.57. The summed E-state index contributed by atoms with van der Waals surface area (Å²) >= 11 is 0. The molecule has 1 aromatic rings. The lowest BCUT2D eigenvalue weighted by Crippen LogP contribution is -2.30. The van der Waals surface area contributed by atoms with Crippen LogP contribution in [0.25, 0.3) is 0 Å². The molecule has 0 amide bonds. The summed E-state index contributed by atoms with van der Waals surface area (Å²) in [7, 11) is 0. The fraction of sp³-hybridized carbons (Fsp3) is 0.647. The van der Waals surface area contributed by atoms with Gasteiger partial charge in [0.15, 0.2) is 0 Å². The molecule has 1 heteroatoms. The average Bonchev–Trinajstić information content (AvgIpc) is 2.38. The predicted molar refractivity (Wildman–Crippen MR) is 74.8 cm³/mol. The highest BCUT2D eigenvalue weighted by atomic mass is 16.3. The Hall–Kier alpha value is -0.820. The van der Waals surface area contributed by atoms with Gasteiger partial charge in [0.25, 0.3) is 0 Å². The van der Waals surface area contributed by atoms with E-state index in [2.05, 4.69) is 25.1 Å². The topological polar surface area (TPSA) is 20.2 Å². The molecule has 1 fully saturated rings. The van der Waals surface area contributed by atoms with Gasteiger partial charge in [-0.2, -0.15) is 0 Å². The molecule has 0 spiro atoms.